The second kappa shape index (κ2) is 12.2. The van der Waals surface area contributed by atoms with Gasteiger partial charge in [-0.2, -0.15) is 0 Å². The molecule has 3 rings (SSSR count). The van der Waals surface area contributed by atoms with Gasteiger partial charge in [-0.1, -0.05) is 42.5 Å². The highest BCUT2D eigenvalue weighted by Crippen LogP contribution is 2.25. The predicted molar refractivity (Wildman–Crippen MR) is 124 cm³/mol. The van der Waals surface area contributed by atoms with E-state index in [1.54, 1.807) is 0 Å². The highest BCUT2D eigenvalue weighted by molar-refractivity contribution is 5.89. The van der Waals surface area contributed by atoms with Crippen LogP contribution in [0.1, 0.15) is 17.2 Å². The van der Waals surface area contributed by atoms with Crippen LogP contribution in [-0.2, 0) is 16.0 Å². The normalized spacial score (nSPS) is 11.8. The van der Waals surface area contributed by atoms with E-state index in [0.29, 0.717) is 24.3 Å². The van der Waals surface area contributed by atoms with Gasteiger partial charge in [0.2, 0.25) is 0 Å². The molecule has 0 saturated heterocycles. The zero-order valence-corrected chi connectivity index (χ0v) is 18.1. The maximum atomic E-state index is 10.3. The van der Waals surface area contributed by atoms with Crippen LogP contribution in [0.5, 0.6) is 11.5 Å². The molecular formula is C25H27NO7. The van der Waals surface area contributed by atoms with Crippen molar-refractivity contribution in [1.29, 1.82) is 0 Å². The van der Waals surface area contributed by atoms with E-state index >= 15 is 0 Å². The molecule has 0 saturated carbocycles. The highest BCUT2D eigenvalue weighted by atomic mass is 16.4. The first kappa shape index (κ1) is 25.4. The van der Waals surface area contributed by atoms with Crippen molar-refractivity contribution in [2.24, 2.45) is 0 Å². The molecule has 5 N–H and O–H groups in total. The molecule has 0 aromatic heterocycles. The summed E-state index contributed by atoms with van der Waals surface area (Å²) in [4.78, 5) is 21.2. The molecule has 0 radical (unpaired) electrons. The van der Waals surface area contributed by atoms with E-state index in [2.05, 4.69) is 30.3 Å². The molecule has 8 nitrogen and oxygen atoms in total. The van der Waals surface area contributed by atoms with E-state index in [1.807, 2.05) is 24.1 Å². The van der Waals surface area contributed by atoms with E-state index in [4.69, 9.17) is 10.2 Å². The number of carboxylic acid groups (broad SMARTS) is 2. The Morgan fingerprint density at radius 3 is 2.09 bits per heavy atom. The second-order valence-electron chi connectivity index (χ2n) is 7.46. The molecule has 33 heavy (non-hydrogen) atoms. The molecule has 0 spiro atoms. The lowest BCUT2D eigenvalue weighted by molar-refractivity contribution is -0.134. The van der Waals surface area contributed by atoms with Crippen molar-refractivity contribution < 1.29 is 35.1 Å². The number of fused-ring (bicyclic) bond motifs is 1. The van der Waals surface area contributed by atoms with Crippen LogP contribution in [0.15, 0.2) is 72.8 Å². The fraction of sp³-hybridized carbons (Fsp3) is 0.200. The average Bonchev–Trinajstić information content (AvgIpc) is 2.76. The summed E-state index contributed by atoms with van der Waals surface area (Å²) in [6, 6.07) is 18.9. The van der Waals surface area contributed by atoms with Crippen LogP contribution >= 0.6 is 0 Å². The summed E-state index contributed by atoms with van der Waals surface area (Å²) in [5.74, 6) is -2.61. The van der Waals surface area contributed by atoms with Gasteiger partial charge >= 0.3 is 11.9 Å². The monoisotopic (exact) mass is 453 g/mol. The maximum absolute atomic E-state index is 10.3. The zero-order chi connectivity index (χ0) is 24.4. The Hall–Kier alpha value is -3.88. The smallest absolute Gasteiger partial charge is 0.328 e. The van der Waals surface area contributed by atoms with Gasteiger partial charge in [0.25, 0.3) is 0 Å². The van der Waals surface area contributed by atoms with E-state index in [9.17, 15) is 24.9 Å². The van der Waals surface area contributed by atoms with Gasteiger partial charge in [-0.3, -0.25) is 0 Å². The third-order valence-corrected chi connectivity index (χ3v) is 4.81. The Kier molecular flexibility index (Phi) is 9.41. The van der Waals surface area contributed by atoms with Gasteiger partial charge in [0.05, 0.1) is 6.10 Å². The van der Waals surface area contributed by atoms with Crippen LogP contribution in [0.25, 0.3) is 10.8 Å². The molecule has 3 aromatic rings. The Balaban J connectivity index is 0.000000414. The minimum atomic E-state index is -1.26. The molecule has 0 aliphatic rings. The summed E-state index contributed by atoms with van der Waals surface area (Å²) in [6.45, 7) is 1.23. The first-order chi connectivity index (χ1) is 15.7. The van der Waals surface area contributed by atoms with Crippen molar-refractivity contribution >= 4 is 22.7 Å². The van der Waals surface area contributed by atoms with Gasteiger partial charge in [-0.15, -0.1) is 0 Å². The molecule has 0 amide bonds. The number of phenolic OH excluding ortho intramolecular Hbond substituents is 2. The van der Waals surface area contributed by atoms with Gasteiger partial charge < -0.3 is 30.4 Å². The number of aromatic hydroxyl groups is 2. The standard InChI is InChI=1S/C21H23NO3.C4H4O4/c1-22(14-21(25)17-11-18(23)13-19(24)12-17)10-9-16-7-4-6-15-5-2-3-8-20(15)16;5-3(6)1-2-4(7)8/h2-8,11-13,21,23-25H,9-10,14H2,1H3;1-2H,(H,5,6)(H,7,8)/b;2-1+/t21-;/m1./s1. The lowest BCUT2D eigenvalue weighted by Gasteiger charge is -2.21. The zero-order valence-electron chi connectivity index (χ0n) is 18.1. The van der Waals surface area contributed by atoms with Crippen LogP contribution in [0.4, 0.5) is 0 Å². The molecule has 0 aliphatic heterocycles. The average molecular weight is 453 g/mol. The summed E-state index contributed by atoms with van der Waals surface area (Å²) < 4.78 is 0. The lowest BCUT2D eigenvalue weighted by Crippen LogP contribution is -2.26. The Morgan fingerprint density at radius 2 is 1.48 bits per heavy atom. The largest absolute Gasteiger partial charge is 0.508 e. The molecule has 0 aliphatic carbocycles. The molecule has 1 atom stereocenters. The molecule has 0 fully saturated rings. The number of hydrogen-bond donors (Lipinski definition) is 5. The molecular weight excluding hydrogens is 426 g/mol. The van der Waals surface area contributed by atoms with Crippen molar-refractivity contribution in [3.63, 3.8) is 0 Å². The minimum Gasteiger partial charge on any atom is -0.508 e. The van der Waals surface area contributed by atoms with Gasteiger partial charge in [0, 0.05) is 31.3 Å². The number of likely N-dealkylation sites (N-methyl/N-ethyl adjacent to an activating group) is 1. The number of aliphatic carboxylic acids is 2. The summed E-state index contributed by atoms with van der Waals surface area (Å²) in [7, 11) is 1.96. The molecule has 0 unspecified atom stereocenters. The highest BCUT2D eigenvalue weighted by Gasteiger charge is 2.13. The van der Waals surface area contributed by atoms with Crippen molar-refractivity contribution in [2.45, 2.75) is 12.5 Å². The van der Waals surface area contributed by atoms with Gasteiger partial charge in [-0.05, 0) is 47.5 Å². The number of nitrogens with zero attached hydrogens (tertiary/aromatic N) is 1. The summed E-state index contributed by atoms with van der Waals surface area (Å²) in [6.07, 6.45) is 1.23. The fourth-order valence-electron chi connectivity index (χ4n) is 3.27. The van der Waals surface area contributed by atoms with Crippen molar-refractivity contribution in [2.75, 3.05) is 20.1 Å². The van der Waals surface area contributed by atoms with Gasteiger partial charge in [0.1, 0.15) is 11.5 Å². The molecule has 8 heteroatoms. The lowest BCUT2D eigenvalue weighted by atomic mass is 10.0. The number of benzene rings is 3. The van der Waals surface area contributed by atoms with Crippen LogP contribution in [0.2, 0.25) is 0 Å². The topological polar surface area (TPSA) is 139 Å². The third-order valence-electron chi connectivity index (χ3n) is 4.81. The predicted octanol–water partition coefficient (Wildman–Crippen LogP) is 3.17. The first-order valence-electron chi connectivity index (χ1n) is 10.2. The molecule has 174 valence electrons. The Labute approximate surface area is 191 Å². The van der Waals surface area contributed by atoms with E-state index in [0.717, 1.165) is 13.0 Å². The second-order valence-corrected chi connectivity index (χ2v) is 7.46. The third kappa shape index (κ3) is 8.64. The summed E-state index contributed by atoms with van der Waals surface area (Å²) in [5, 5.41) is 47.6. The summed E-state index contributed by atoms with van der Waals surface area (Å²) in [5.41, 5.74) is 1.80. The van der Waals surface area contributed by atoms with Crippen molar-refractivity contribution in [3.8, 4) is 11.5 Å². The number of carbonyl (C=O) groups is 2. The van der Waals surface area contributed by atoms with Crippen molar-refractivity contribution in [1.82, 2.24) is 4.90 Å². The SMILES string of the molecule is CN(CCc1cccc2ccccc12)C[C@@H](O)c1cc(O)cc(O)c1.O=C(O)/C=C/C(=O)O. The number of aliphatic hydroxyl groups excluding tert-OH is 1. The van der Waals surface area contributed by atoms with E-state index < -0.39 is 18.0 Å². The number of aliphatic hydroxyl groups is 1. The van der Waals surface area contributed by atoms with E-state index in [1.165, 1.54) is 34.5 Å². The van der Waals surface area contributed by atoms with Crippen LogP contribution < -0.4 is 0 Å². The van der Waals surface area contributed by atoms with Gasteiger partial charge in [-0.25, -0.2) is 9.59 Å². The molecule has 3 aromatic carbocycles. The Morgan fingerprint density at radius 1 is 0.909 bits per heavy atom. The van der Waals surface area contributed by atoms with Crippen molar-refractivity contribution in [3.05, 3.63) is 83.9 Å². The van der Waals surface area contributed by atoms with Crippen LogP contribution in [0.3, 0.4) is 0 Å². The fourth-order valence-corrected chi connectivity index (χ4v) is 3.27. The van der Waals surface area contributed by atoms with Crippen LogP contribution in [0, 0.1) is 0 Å². The Bertz CT molecular complexity index is 1090. The number of carboxylic acids is 2. The first-order valence-corrected chi connectivity index (χ1v) is 10.2. The molecule has 0 bridgehead atoms. The van der Waals surface area contributed by atoms with E-state index in [-0.39, 0.29) is 11.5 Å². The maximum Gasteiger partial charge on any atom is 0.328 e. The van der Waals surface area contributed by atoms with Crippen LogP contribution in [-0.4, -0.2) is 62.5 Å². The summed E-state index contributed by atoms with van der Waals surface area (Å²) >= 11 is 0. The van der Waals surface area contributed by atoms with Gasteiger partial charge in [0.15, 0.2) is 0 Å². The number of hydrogen-bond acceptors (Lipinski definition) is 6. The molecule has 0 heterocycles. The quantitative estimate of drug-likeness (QED) is 0.328. The number of rotatable bonds is 8. The minimum absolute atomic E-state index is 0.0486. The number of phenols is 2.